The third kappa shape index (κ3) is 5.28. The molecule has 1 aliphatic carbocycles. The van der Waals surface area contributed by atoms with Crippen molar-refractivity contribution in [1.82, 2.24) is 15.3 Å². The van der Waals surface area contributed by atoms with E-state index in [9.17, 15) is 4.79 Å². The van der Waals surface area contributed by atoms with E-state index in [0.29, 0.717) is 5.88 Å². The summed E-state index contributed by atoms with van der Waals surface area (Å²) in [6.07, 6.45) is 13.1. The fraction of sp³-hybridized carbons (Fsp3) is 0.500. The van der Waals surface area contributed by atoms with Gasteiger partial charge in [0.15, 0.2) is 0 Å². The van der Waals surface area contributed by atoms with Gasteiger partial charge in [0.1, 0.15) is 11.4 Å². The van der Waals surface area contributed by atoms with Gasteiger partial charge in [-0.15, -0.1) is 0 Å². The summed E-state index contributed by atoms with van der Waals surface area (Å²) >= 11 is 0. The zero-order valence-corrected chi connectivity index (χ0v) is 16.3. The molecule has 1 N–H and O–H groups in total. The molecule has 1 amide bonds. The molecule has 2 aromatic rings. The number of nitrogens with zero attached hydrogens (tertiary/aromatic N) is 2. The molecule has 0 saturated heterocycles. The van der Waals surface area contributed by atoms with Gasteiger partial charge in [-0.05, 0) is 48.4 Å². The van der Waals surface area contributed by atoms with Gasteiger partial charge in [-0.1, -0.05) is 45.1 Å². The molecule has 5 nitrogen and oxygen atoms in total. The molecule has 0 bridgehead atoms. The lowest BCUT2D eigenvalue weighted by Crippen LogP contribution is -2.19. The maximum Gasteiger partial charge on any atom is 0.271 e. The topological polar surface area (TPSA) is 64.1 Å². The Bertz CT molecular complexity index is 755. The smallest absolute Gasteiger partial charge is 0.271 e. The van der Waals surface area contributed by atoms with Crippen molar-refractivity contribution in [1.29, 1.82) is 0 Å². The molecule has 1 aromatic heterocycles. The van der Waals surface area contributed by atoms with Gasteiger partial charge < -0.3 is 10.1 Å². The zero-order chi connectivity index (χ0) is 19.1. The van der Waals surface area contributed by atoms with E-state index in [1.165, 1.54) is 55.6 Å². The first-order valence-electron chi connectivity index (χ1n) is 10.0. The third-order valence-corrected chi connectivity index (χ3v) is 5.29. The highest BCUT2D eigenvalue weighted by atomic mass is 16.5. The Morgan fingerprint density at radius 2 is 2.04 bits per heavy atom. The highest BCUT2D eigenvalue weighted by Crippen LogP contribution is 2.31. The Morgan fingerprint density at radius 3 is 2.67 bits per heavy atom. The minimum Gasteiger partial charge on any atom is -0.437 e. The molecular formula is C22H29N3O2. The second kappa shape index (κ2) is 9.49. The SMILES string of the molecule is CCCc1cc(Oc2cnc(C(=O)NC)cn2)ccc1CCCC1CCC1. The molecule has 0 spiro atoms. The molecule has 1 heterocycles. The number of aromatic nitrogens is 2. The molecule has 27 heavy (non-hydrogen) atoms. The van der Waals surface area contributed by atoms with Gasteiger partial charge in [0, 0.05) is 7.05 Å². The van der Waals surface area contributed by atoms with Crippen LogP contribution in [0.15, 0.2) is 30.6 Å². The van der Waals surface area contributed by atoms with E-state index in [-0.39, 0.29) is 11.6 Å². The van der Waals surface area contributed by atoms with Crippen molar-refractivity contribution < 1.29 is 9.53 Å². The normalized spacial score (nSPS) is 13.9. The van der Waals surface area contributed by atoms with Crippen LogP contribution in [0.1, 0.15) is 67.1 Å². The molecule has 3 rings (SSSR count). The van der Waals surface area contributed by atoms with E-state index in [4.69, 9.17) is 4.74 Å². The lowest BCUT2D eigenvalue weighted by molar-refractivity contribution is 0.0957. The number of nitrogens with one attached hydrogen (secondary N) is 1. The van der Waals surface area contributed by atoms with Gasteiger partial charge >= 0.3 is 0 Å². The second-order valence-electron chi connectivity index (χ2n) is 7.29. The maximum atomic E-state index is 11.5. The van der Waals surface area contributed by atoms with Crippen LogP contribution in [0.25, 0.3) is 0 Å². The molecule has 0 unspecified atom stereocenters. The fourth-order valence-electron chi connectivity index (χ4n) is 3.51. The lowest BCUT2D eigenvalue weighted by atomic mass is 9.81. The Hall–Kier alpha value is -2.43. The third-order valence-electron chi connectivity index (χ3n) is 5.29. The van der Waals surface area contributed by atoms with Crippen LogP contribution in [0.2, 0.25) is 0 Å². The van der Waals surface area contributed by atoms with E-state index >= 15 is 0 Å². The number of carbonyl (C=O) groups excluding carboxylic acids is 1. The van der Waals surface area contributed by atoms with E-state index < -0.39 is 0 Å². The van der Waals surface area contributed by atoms with Crippen LogP contribution in [0.4, 0.5) is 0 Å². The summed E-state index contributed by atoms with van der Waals surface area (Å²) in [7, 11) is 1.57. The molecular weight excluding hydrogens is 338 g/mol. The largest absolute Gasteiger partial charge is 0.437 e. The predicted octanol–water partition coefficient (Wildman–Crippen LogP) is 4.70. The van der Waals surface area contributed by atoms with Crippen LogP contribution in [-0.2, 0) is 12.8 Å². The van der Waals surface area contributed by atoms with Gasteiger partial charge in [0.25, 0.3) is 5.91 Å². The maximum absolute atomic E-state index is 11.5. The first kappa shape index (κ1) is 19.3. The summed E-state index contributed by atoms with van der Waals surface area (Å²) in [5.41, 5.74) is 3.07. The molecule has 0 radical (unpaired) electrons. The number of amides is 1. The molecule has 5 heteroatoms. The van der Waals surface area contributed by atoms with Crippen molar-refractivity contribution >= 4 is 5.91 Å². The van der Waals surface area contributed by atoms with Crippen LogP contribution in [-0.4, -0.2) is 22.9 Å². The van der Waals surface area contributed by atoms with E-state index in [2.05, 4.69) is 34.3 Å². The number of benzene rings is 1. The minimum atomic E-state index is -0.259. The molecule has 0 aliphatic heterocycles. The zero-order valence-electron chi connectivity index (χ0n) is 16.3. The second-order valence-corrected chi connectivity index (χ2v) is 7.29. The molecule has 1 saturated carbocycles. The Kier molecular flexibility index (Phi) is 6.80. The summed E-state index contributed by atoms with van der Waals surface area (Å²) in [6, 6.07) is 6.32. The fourth-order valence-corrected chi connectivity index (χ4v) is 3.51. The van der Waals surface area contributed by atoms with Crippen molar-refractivity contribution in [3.8, 4) is 11.6 Å². The molecule has 0 atom stereocenters. The van der Waals surface area contributed by atoms with Crippen molar-refractivity contribution in [2.24, 2.45) is 5.92 Å². The van der Waals surface area contributed by atoms with Gasteiger partial charge in [-0.3, -0.25) is 4.79 Å². The highest BCUT2D eigenvalue weighted by molar-refractivity contribution is 5.91. The molecule has 1 aliphatic rings. The number of aryl methyl sites for hydroxylation is 2. The first-order chi connectivity index (χ1) is 13.2. The van der Waals surface area contributed by atoms with Crippen LogP contribution < -0.4 is 10.1 Å². The monoisotopic (exact) mass is 367 g/mol. The predicted molar refractivity (Wildman–Crippen MR) is 106 cm³/mol. The first-order valence-corrected chi connectivity index (χ1v) is 10.0. The Morgan fingerprint density at radius 1 is 1.19 bits per heavy atom. The van der Waals surface area contributed by atoms with Crippen LogP contribution in [0, 0.1) is 5.92 Å². The summed E-state index contributed by atoms with van der Waals surface area (Å²) in [5.74, 6) is 1.87. The van der Waals surface area contributed by atoms with Gasteiger partial charge in [0.05, 0.1) is 12.4 Å². The van der Waals surface area contributed by atoms with E-state index in [0.717, 1.165) is 30.9 Å². The number of carbonyl (C=O) groups is 1. The minimum absolute atomic E-state index is 0.259. The van der Waals surface area contributed by atoms with Gasteiger partial charge in [-0.25, -0.2) is 9.97 Å². The van der Waals surface area contributed by atoms with Crippen LogP contribution in [0.3, 0.4) is 0 Å². The Labute approximate surface area is 161 Å². The van der Waals surface area contributed by atoms with E-state index in [1.54, 1.807) is 7.05 Å². The average Bonchev–Trinajstić information content (AvgIpc) is 2.65. The lowest BCUT2D eigenvalue weighted by Gasteiger charge is -2.25. The van der Waals surface area contributed by atoms with Crippen molar-refractivity contribution in [2.75, 3.05) is 7.05 Å². The quantitative estimate of drug-likeness (QED) is 0.697. The molecule has 144 valence electrons. The number of ether oxygens (including phenoxy) is 1. The van der Waals surface area contributed by atoms with Gasteiger partial charge in [0.2, 0.25) is 5.88 Å². The van der Waals surface area contributed by atoms with E-state index in [1.807, 2.05) is 6.07 Å². The molecule has 1 aromatic carbocycles. The molecule has 1 fully saturated rings. The van der Waals surface area contributed by atoms with Crippen molar-refractivity contribution in [3.05, 3.63) is 47.4 Å². The summed E-state index contributed by atoms with van der Waals surface area (Å²) < 4.78 is 5.85. The van der Waals surface area contributed by atoms with Crippen LogP contribution in [0.5, 0.6) is 11.6 Å². The van der Waals surface area contributed by atoms with Gasteiger partial charge in [-0.2, -0.15) is 0 Å². The summed E-state index contributed by atoms with van der Waals surface area (Å²) in [4.78, 5) is 19.8. The number of hydrogen-bond donors (Lipinski definition) is 1. The standard InChI is InChI=1S/C22H29N3O2/c1-3-6-18-13-19(12-11-17(18)10-5-9-16-7-4-8-16)27-21-15-24-20(14-25-21)22(26)23-2/h11-16H,3-10H2,1-2H3,(H,23,26). The Balaban J connectivity index is 1.64. The highest BCUT2D eigenvalue weighted by Gasteiger charge is 2.17. The average molecular weight is 367 g/mol. The van der Waals surface area contributed by atoms with Crippen molar-refractivity contribution in [2.45, 2.75) is 58.3 Å². The van der Waals surface area contributed by atoms with Crippen molar-refractivity contribution in [3.63, 3.8) is 0 Å². The summed E-state index contributed by atoms with van der Waals surface area (Å²) in [6.45, 7) is 2.20. The van der Waals surface area contributed by atoms with Crippen LogP contribution >= 0.6 is 0 Å². The number of hydrogen-bond acceptors (Lipinski definition) is 4. The summed E-state index contributed by atoms with van der Waals surface area (Å²) in [5, 5.41) is 2.53. The number of rotatable bonds is 9.